The Bertz CT molecular complexity index is 407. The molecule has 2 unspecified atom stereocenters. The van der Waals surface area contributed by atoms with Crippen molar-refractivity contribution >= 4 is 15.9 Å². The maximum absolute atomic E-state index is 13.0. The molecule has 1 aliphatic rings. The number of halogens is 2. The standard InChI is InChI=1S/C14H19BrFN/c1-14(6-5-12(9-14)17-2)8-10-3-4-11(16)7-13(10)15/h3-4,7,12,17H,5-6,8-9H2,1-2H3. The molecule has 0 amide bonds. The fourth-order valence-electron chi connectivity index (χ4n) is 2.85. The third kappa shape index (κ3) is 3.08. The van der Waals surface area contributed by atoms with Crippen LogP contribution in [0.2, 0.25) is 0 Å². The molecular formula is C14H19BrFN. The lowest BCUT2D eigenvalue weighted by atomic mass is 9.82. The van der Waals surface area contributed by atoms with Crippen LogP contribution in [0.15, 0.2) is 22.7 Å². The number of nitrogens with one attached hydrogen (secondary N) is 1. The number of hydrogen-bond acceptors (Lipinski definition) is 1. The van der Waals surface area contributed by atoms with E-state index in [9.17, 15) is 4.39 Å². The molecule has 1 N–H and O–H groups in total. The molecule has 1 aromatic rings. The summed E-state index contributed by atoms with van der Waals surface area (Å²) in [4.78, 5) is 0. The molecule has 0 saturated heterocycles. The summed E-state index contributed by atoms with van der Waals surface area (Å²) >= 11 is 3.46. The topological polar surface area (TPSA) is 12.0 Å². The van der Waals surface area contributed by atoms with Gasteiger partial charge in [0.1, 0.15) is 5.82 Å². The van der Waals surface area contributed by atoms with Gasteiger partial charge >= 0.3 is 0 Å². The van der Waals surface area contributed by atoms with Crippen molar-refractivity contribution in [1.82, 2.24) is 5.32 Å². The molecule has 1 fully saturated rings. The van der Waals surface area contributed by atoms with Crippen LogP contribution in [0.5, 0.6) is 0 Å². The summed E-state index contributed by atoms with van der Waals surface area (Å²) in [6.45, 7) is 2.33. The Kier molecular flexibility index (Phi) is 3.88. The van der Waals surface area contributed by atoms with E-state index in [2.05, 4.69) is 28.2 Å². The van der Waals surface area contributed by atoms with Gasteiger partial charge < -0.3 is 5.32 Å². The molecule has 2 rings (SSSR count). The van der Waals surface area contributed by atoms with Crippen molar-refractivity contribution in [2.45, 2.75) is 38.6 Å². The summed E-state index contributed by atoms with van der Waals surface area (Å²) < 4.78 is 13.9. The lowest BCUT2D eigenvalue weighted by Gasteiger charge is -2.25. The van der Waals surface area contributed by atoms with Gasteiger partial charge in [-0.15, -0.1) is 0 Å². The molecular weight excluding hydrogens is 281 g/mol. The zero-order chi connectivity index (χ0) is 12.5. The fraction of sp³-hybridized carbons (Fsp3) is 0.571. The molecule has 1 aromatic carbocycles. The molecule has 0 radical (unpaired) electrons. The summed E-state index contributed by atoms with van der Waals surface area (Å²) in [5.74, 6) is -0.176. The van der Waals surface area contributed by atoms with Gasteiger partial charge in [0.05, 0.1) is 0 Å². The van der Waals surface area contributed by atoms with Gasteiger partial charge in [0, 0.05) is 10.5 Å². The van der Waals surface area contributed by atoms with Gasteiger partial charge in [-0.1, -0.05) is 28.9 Å². The van der Waals surface area contributed by atoms with Crippen LogP contribution >= 0.6 is 15.9 Å². The van der Waals surface area contributed by atoms with E-state index < -0.39 is 0 Å². The van der Waals surface area contributed by atoms with Crippen LogP contribution in [0, 0.1) is 11.2 Å². The molecule has 2 atom stereocenters. The van der Waals surface area contributed by atoms with Crippen molar-refractivity contribution in [3.05, 3.63) is 34.1 Å². The molecule has 3 heteroatoms. The van der Waals surface area contributed by atoms with Gasteiger partial charge in [-0.05, 0) is 55.8 Å². The molecule has 0 heterocycles. The van der Waals surface area contributed by atoms with Crippen molar-refractivity contribution in [3.63, 3.8) is 0 Å². The van der Waals surface area contributed by atoms with E-state index in [-0.39, 0.29) is 5.82 Å². The Morgan fingerprint density at radius 3 is 2.88 bits per heavy atom. The van der Waals surface area contributed by atoms with Crippen LogP contribution in [0.1, 0.15) is 31.7 Å². The Morgan fingerprint density at radius 1 is 1.53 bits per heavy atom. The molecule has 1 aliphatic carbocycles. The largest absolute Gasteiger partial charge is 0.317 e. The van der Waals surface area contributed by atoms with Crippen molar-refractivity contribution in [3.8, 4) is 0 Å². The molecule has 0 aromatic heterocycles. The van der Waals surface area contributed by atoms with E-state index in [1.54, 1.807) is 12.1 Å². The second-order valence-corrected chi connectivity index (χ2v) is 6.31. The Balaban J connectivity index is 2.10. The first-order valence-electron chi connectivity index (χ1n) is 6.14. The van der Waals surface area contributed by atoms with E-state index >= 15 is 0 Å². The lowest BCUT2D eigenvalue weighted by molar-refractivity contribution is 0.324. The second kappa shape index (κ2) is 5.07. The van der Waals surface area contributed by atoms with Crippen LogP contribution in [0.3, 0.4) is 0 Å². The first-order chi connectivity index (χ1) is 8.02. The maximum atomic E-state index is 13.0. The first kappa shape index (κ1) is 13.0. The highest BCUT2D eigenvalue weighted by Gasteiger charge is 2.34. The molecule has 0 spiro atoms. The quantitative estimate of drug-likeness (QED) is 0.892. The summed E-state index contributed by atoms with van der Waals surface area (Å²) in [5, 5.41) is 3.36. The van der Waals surface area contributed by atoms with Gasteiger partial charge in [-0.3, -0.25) is 0 Å². The Hall–Kier alpha value is -0.410. The normalized spacial score (nSPS) is 28.6. The van der Waals surface area contributed by atoms with Gasteiger partial charge in [0.25, 0.3) is 0 Å². The zero-order valence-electron chi connectivity index (χ0n) is 10.4. The number of hydrogen-bond donors (Lipinski definition) is 1. The average Bonchev–Trinajstić information content (AvgIpc) is 2.65. The monoisotopic (exact) mass is 299 g/mol. The van der Waals surface area contributed by atoms with Gasteiger partial charge in [0.15, 0.2) is 0 Å². The Labute approximate surface area is 111 Å². The van der Waals surface area contributed by atoms with E-state index in [0.29, 0.717) is 11.5 Å². The Morgan fingerprint density at radius 2 is 2.29 bits per heavy atom. The summed E-state index contributed by atoms with van der Waals surface area (Å²) in [6.07, 6.45) is 4.70. The third-order valence-electron chi connectivity index (χ3n) is 3.88. The van der Waals surface area contributed by atoms with E-state index in [0.717, 1.165) is 10.9 Å². The number of rotatable bonds is 3. The van der Waals surface area contributed by atoms with Gasteiger partial charge in [0.2, 0.25) is 0 Å². The van der Waals surface area contributed by atoms with Crippen molar-refractivity contribution < 1.29 is 4.39 Å². The van der Waals surface area contributed by atoms with Crippen LogP contribution in [0.25, 0.3) is 0 Å². The van der Waals surface area contributed by atoms with Crippen LogP contribution in [0.4, 0.5) is 4.39 Å². The van der Waals surface area contributed by atoms with Crippen LogP contribution in [-0.4, -0.2) is 13.1 Å². The molecule has 1 saturated carbocycles. The average molecular weight is 300 g/mol. The van der Waals surface area contributed by atoms with Crippen molar-refractivity contribution in [1.29, 1.82) is 0 Å². The van der Waals surface area contributed by atoms with E-state index in [4.69, 9.17) is 0 Å². The van der Waals surface area contributed by atoms with Crippen molar-refractivity contribution in [2.75, 3.05) is 7.05 Å². The predicted molar refractivity (Wildman–Crippen MR) is 72.6 cm³/mol. The minimum atomic E-state index is -0.176. The highest BCUT2D eigenvalue weighted by atomic mass is 79.9. The van der Waals surface area contributed by atoms with Gasteiger partial charge in [-0.2, -0.15) is 0 Å². The smallest absolute Gasteiger partial charge is 0.124 e. The fourth-order valence-corrected chi connectivity index (χ4v) is 3.34. The SMILES string of the molecule is CNC1CCC(C)(Cc2ccc(F)cc2Br)C1. The predicted octanol–water partition coefficient (Wildman–Crippen LogP) is 3.91. The highest BCUT2D eigenvalue weighted by molar-refractivity contribution is 9.10. The first-order valence-corrected chi connectivity index (χ1v) is 6.93. The maximum Gasteiger partial charge on any atom is 0.124 e. The minimum Gasteiger partial charge on any atom is -0.317 e. The molecule has 0 bridgehead atoms. The lowest BCUT2D eigenvalue weighted by Crippen LogP contribution is -2.24. The summed E-state index contributed by atoms with van der Waals surface area (Å²) in [6, 6.07) is 5.65. The third-order valence-corrected chi connectivity index (χ3v) is 4.61. The summed E-state index contributed by atoms with van der Waals surface area (Å²) in [7, 11) is 2.03. The summed E-state index contributed by atoms with van der Waals surface area (Å²) in [5.41, 5.74) is 1.55. The van der Waals surface area contributed by atoms with E-state index in [1.165, 1.54) is 24.8 Å². The van der Waals surface area contributed by atoms with E-state index in [1.807, 2.05) is 13.1 Å². The van der Waals surface area contributed by atoms with Crippen molar-refractivity contribution in [2.24, 2.45) is 5.41 Å². The van der Waals surface area contributed by atoms with Crippen LogP contribution < -0.4 is 5.32 Å². The van der Waals surface area contributed by atoms with Crippen LogP contribution in [-0.2, 0) is 6.42 Å². The minimum absolute atomic E-state index is 0.176. The zero-order valence-corrected chi connectivity index (χ0v) is 12.0. The molecule has 0 aliphatic heterocycles. The molecule has 17 heavy (non-hydrogen) atoms. The molecule has 94 valence electrons. The highest BCUT2D eigenvalue weighted by Crippen LogP contribution is 2.41. The number of benzene rings is 1. The second-order valence-electron chi connectivity index (χ2n) is 5.45. The molecule has 1 nitrogen and oxygen atoms in total. The van der Waals surface area contributed by atoms with Gasteiger partial charge in [-0.25, -0.2) is 4.39 Å².